The number of hydrogen-bond donors (Lipinski definition) is 1. The lowest BCUT2D eigenvalue weighted by Gasteiger charge is -2.23. The van der Waals surface area contributed by atoms with Crippen LogP contribution in [0.1, 0.15) is 65.2 Å². The smallest absolute Gasteiger partial charge is 0.202 e. The van der Waals surface area contributed by atoms with E-state index in [4.69, 9.17) is 0 Å². The highest BCUT2D eigenvalue weighted by Gasteiger charge is 2.14. The highest BCUT2D eigenvalue weighted by Crippen LogP contribution is 2.21. The van der Waals surface area contributed by atoms with Crippen molar-refractivity contribution in [1.82, 2.24) is 9.55 Å². The fourth-order valence-electron chi connectivity index (χ4n) is 2.89. The molecule has 1 heterocycles. The molecular formula is C16H29N3. The molecule has 1 fully saturated rings. The fourth-order valence-corrected chi connectivity index (χ4v) is 2.89. The topological polar surface area (TPSA) is 29.9 Å². The predicted octanol–water partition coefficient (Wildman–Crippen LogP) is 4.45. The van der Waals surface area contributed by atoms with E-state index in [1.54, 1.807) is 0 Å². The van der Waals surface area contributed by atoms with E-state index in [1.165, 1.54) is 51.4 Å². The first-order valence-corrected chi connectivity index (χ1v) is 8.03. The van der Waals surface area contributed by atoms with Crippen molar-refractivity contribution in [3.05, 3.63) is 12.4 Å². The quantitative estimate of drug-likeness (QED) is 0.736. The maximum atomic E-state index is 4.48. The Morgan fingerprint density at radius 3 is 2.79 bits per heavy atom. The molecule has 0 radical (unpaired) electrons. The molecule has 1 aliphatic carbocycles. The maximum Gasteiger partial charge on any atom is 0.202 e. The lowest BCUT2D eigenvalue weighted by atomic mass is 9.96. The molecule has 1 N–H and O–H groups in total. The van der Waals surface area contributed by atoms with Gasteiger partial charge in [0.15, 0.2) is 0 Å². The summed E-state index contributed by atoms with van der Waals surface area (Å²) >= 11 is 0. The summed E-state index contributed by atoms with van der Waals surface area (Å²) in [6, 6.07) is 0.644. The molecule has 1 aromatic rings. The summed E-state index contributed by atoms with van der Waals surface area (Å²) in [6.07, 6.45) is 14.7. The van der Waals surface area contributed by atoms with Gasteiger partial charge in [-0.25, -0.2) is 4.98 Å². The molecule has 3 nitrogen and oxygen atoms in total. The van der Waals surface area contributed by atoms with Crippen molar-refractivity contribution in [2.24, 2.45) is 5.92 Å². The highest BCUT2D eigenvalue weighted by molar-refractivity contribution is 5.27. The van der Waals surface area contributed by atoms with Crippen molar-refractivity contribution in [3.8, 4) is 0 Å². The molecule has 0 unspecified atom stereocenters. The van der Waals surface area contributed by atoms with E-state index in [0.717, 1.165) is 18.4 Å². The monoisotopic (exact) mass is 263 g/mol. The van der Waals surface area contributed by atoms with Crippen LogP contribution in [0.3, 0.4) is 0 Å². The van der Waals surface area contributed by atoms with Gasteiger partial charge in [-0.05, 0) is 25.2 Å². The zero-order valence-corrected chi connectivity index (χ0v) is 12.6. The minimum absolute atomic E-state index is 0.644. The normalized spacial score (nSPS) is 17.0. The van der Waals surface area contributed by atoms with E-state index >= 15 is 0 Å². The molecule has 0 saturated heterocycles. The molecule has 0 amide bonds. The van der Waals surface area contributed by atoms with Gasteiger partial charge in [0.25, 0.3) is 0 Å². The van der Waals surface area contributed by atoms with E-state index < -0.39 is 0 Å². The van der Waals surface area contributed by atoms with Crippen LogP contribution in [-0.2, 0) is 6.54 Å². The first-order chi connectivity index (χ1) is 9.25. The Bertz CT molecular complexity index is 351. The summed E-state index contributed by atoms with van der Waals surface area (Å²) in [4.78, 5) is 4.48. The van der Waals surface area contributed by atoms with Gasteiger partial charge in [-0.1, -0.05) is 46.0 Å². The van der Waals surface area contributed by atoms with Gasteiger partial charge >= 0.3 is 0 Å². The van der Waals surface area contributed by atoms with Gasteiger partial charge in [0.2, 0.25) is 5.95 Å². The molecule has 0 bridgehead atoms. The Morgan fingerprint density at radius 2 is 2.05 bits per heavy atom. The van der Waals surface area contributed by atoms with Crippen LogP contribution in [-0.4, -0.2) is 15.6 Å². The van der Waals surface area contributed by atoms with Gasteiger partial charge in [-0.15, -0.1) is 0 Å². The Kier molecular flexibility index (Phi) is 5.74. The number of nitrogens with zero attached hydrogens (tertiary/aromatic N) is 2. The van der Waals surface area contributed by atoms with Crippen molar-refractivity contribution in [3.63, 3.8) is 0 Å². The first kappa shape index (κ1) is 14.4. The zero-order chi connectivity index (χ0) is 13.5. The number of hydrogen-bond acceptors (Lipinski definition) is 2. The number of imidazole rings is 1. The second kappa shape index (κ2) is 7.56. The number of nitrogens with one attached hydrogen (secondary N) is 1. The number of aromatic nitrogens is 2. The third-order valence-electron chi connectivity index (χ3n) is 4.08. The van der Waals surface area contributed by atoms with Crippen LogP contribution in [0, 0.1) is 5.92 Å². The van der Waals surface area contributed by atoms with Crippen molar-refractivity contribution in [2.45, 2.75) is 77.8 Å². The lowest BCUT2D eigenvalue weighted by molar-refractivity contribution is 0.457. The minimum Gasteiger partial charge on any atom is -0.353 e. The lowest BCUT2D eigenvalue weighted by Crippen LogP contribution is -2.24. The number of rotatable bonds is 7. The SMILES string of the molecule is CC(C)CCCCn1ccnc1NC1CCCCC1. The second-order valence-corrected chi connectivity index (χ2v) is 6.31. The van der Waals surface area contributed by atoms with E-state index in [-0.39, 0.29) is 0 Å². The van der Waals surface area contributed by atoms with Crippen LogP contribution in [0.25, 0.3) is 0 Å². The molecule has 1 saturated carbocycles. The van der Waals surface area contributed by atoms with Crippen LogP contribution in [0.2, 0.25) is 0 Å². The third kappa shape index (κ3) is 4.88. The average Bonchev–Trinajstić information content (AvgIpc) is 2.83. The van der Waals surface area contributed by atoms with Crippen LogP contribution in [0.4, 0.5) is 5.95 Å². The van der Waals surface area contributed by atoms with Crippen molar-refractivity contribution >= 4 is 5.95 Å². The summed E-state index contributed by atoms with van der Waals surface area (Å²) in [5.41, 5.74) is 0. The van der Waals surface area contributed by atoms with Crippen LogP contribution < -0.4 is 5.32 Å². The molecular weight excluding hydrogens is 234 g/mol. The molecule has 1 aromatic heterocycles. The molecule has 2 rings (SSSR count). The average molecular weight is 263 g/mol. The van der Waals surface area contributed by atoms with E-state index in [9.17, 15) is 0 Å². The Morgan fingerprint density at radius 1 is 1.26 bits per heavy atom. The minimum atomic E-state index is 0.644. The summed E-state index contributed by atoms with van der Waals surface area (Å²) in [6.45, 7) is 5.70. The standard InChI is InChI=1S/C16H29N3/c1-14(2)8-6-7-12-19-13-11-17-16(19)18-15-9-4-3-5-10-15/h11,13-15H,3-10,12H2,1-2H3,(H,17,18). The molecule has 0 atom stereocenters. The Balaban J connectivity index is 1.76. The number of aryl methyl sites for hydroxylation is 1. The summed E-state index contributed by atoms with van der Waals surface area (Å²) in [5, 5.41) is 3.63. The van der Waals surface area contributed by atoms with Crippen LogP contribution in [0.5, 0.6) is 0 Å². The van der Waals surface area contributed by atoms with Gasteiger partial charge in [-0.2, -0.15) is 0 Å². The Hall–Kier alpha value is -0.990. The fraction of sp³-hybridized carbons (Fsp3) is 0.812. The maximum absolute atomic E-state index is 4.48. The van der Waals surface area contributed by atoms with Crippen LogP contribution in [0.15, 0.2) is 12.4 Å². The van der Waals surface area contributed by atoms with Gasteiger partial charge in [0, 0.05) is 25.0 Å². The zero-order valence-electron chi connectivity index (χ0n) is 12.6. The summed E-state index contributed by atoms with van der Waals surface area (Å²) < 4.78 is 2.29. The van der Waals surface area contributed by atoms with Gasteiger partial charge in [0.05, 0.1) is 0 Å². The molecule has 0 aromatic carbocycles. The number of unbranched alkanes of at least 4 members (excludes halogenated alkanes) is 1. The van der Waals surface area contributed by atoms with Crippen molar-refractivity contribution in [2.75, 3.05) is 5.32 Å². The highest BCUT2D eigenvalue weighted by atomic mass is 15.2. The van der Waals surface area contributed by atoms with Crippen molar-refractivity contribution in [1.29, 1.82) is 0 Å². The molecule has 1 aliphatic rings. The second-order valence-electron chi connectivity index (χ2n) is 6.31. The largest absolute Gasteiger partial charge is 0.353 e. The van der Waals surface area contributed by atoms with E-state index in [1.807, 2.05) is 6.20 Å². The van der Waals surface area contributed by atoms with Crippen LogP contribution >= 0.6 is 0 Å². The summed E-state index contributed by atoms with van der Waals surface area (Å²) in [5.74, 6) is 1.90. The van der Waals surface area contributed by atoms with Gasteiger partial charge in [0.1, 0.15) is 0 Å². The Labute approximate surface area is 117 Å². The molecule has 3 heteroatoms. The molecule has 0 aliphatic heterocycles. The first-order valence-electron chi connectivity index (χ1n) is 8.03. The third-order valence-corrected chi connectivity index (χ3v) is 4.08. The molecule has 0 spiro atoms. The van der Waals surface area contributed by atoms with Gasteiger partial charge < -0.3 is 9.88 Å². The molecule has 108 valence electrons. The molecule has 19 heavy (non-hydrogen) atoms. The summed E-state index contributed by atoms with van der Waals surface area (Å²) in [7, 11) is 0. The predicted molar refractivity (Wildman–Crippen MR) is 81.4 cm³/mol. The van der Waals surface area contributed by atoms with E-state index in [0.29, 0.717) is 6.04 Å². The van der Waals surface area contributed by atoms with Gasteiger partial charge in [-0.3, -0.25) is 0 Å². The van der Waals surface area contributed by atoms with Crippen molar-refractivity contribution < 1.29 is 0 Å². The van der Waals surface area contributed by atoms with E-state index in [2.05, 4.69) is 34.9 Å². The number of anilines is 1.